The fourth-order valence-electron chi connectivity index (χ4n) is 2.47. The lowest BCUT2D eigenvalue weighted by molar-refractivity contribution is 0.789. The first kappa shape index (κ1) is 12.4. The van der Waals surface area contributed by atoms with Gasteiger partial charge >= 0.3 is 0 Å². The summed E-state index contributed by atoms with van der Waals surface area (Å²) in [6.07, 6.45) is 1.59. The normalized spacial score (nSPS) is 16.7. The molecule has 104 valence electrons. The lowest BCUT2D eigenvalue weighted by atomic mass is 10.1. The summed E-state index contributed by atoms with van der Waals surface area (Å²) < 4.78 is 1.64. The highest BCUT2D eigenvalue weighted by molar-refractivity contribution is 7.99. The second-order valence-electron chi connectivity index (χ2n) is 4.85. The number of fused-ring (bicyclic) bond motifs is 1. The van der Waals surface area contributed by atoms with E-state index in [1.165, 1.54) is 10.5 Å². The van der Waals surface area contributed by atoms with E-state index in [9.17, 15) is 0 Å². The van der Waals surface area contributed by atoms with E-state index in [4.69, 9.17) is 0 Å². The van der Waals surface area contributed by atoms with Gasteiger partial charge in [-0.2, -0.15) is 0 Å². The van der Waals surface area contributed by atoms with Crippen molar-refractivity contribution >= 4 is 17.4 Å². The van der Waals surface area contributed by atoms with Crippen LogP contribution in [0.15, 0.2) is 59.8 Å². The van der Waals surface area contributed by atoms with E-state index in [0.717, 1.165) is 17.1 Å². The summed E-state index contributed by atoms with van der Waals surface area (Å²) in [6.45, 7) is 0. The van der Waals surface area contributed by atoms with Gasteiger partial charge in [0.1, 0.15) is 6.33 Å². The molecule has 0 aliphatic carbocycles. The van der Waals surface area contributed by atoms with Gasteiger partial charge in [0.2, 0.25) is 0 Å². The van der Waals surface area contributed by atoms with Gasteiger partial charge in [-0.3, -0.25) is 0 Å². The molecule has 1 aliphatic heterocycles. The Balaban J connectivity index is 1.53. The number of rotatable bonds is 3. The molecule has 1 aromatic heterocycles. The van der Waals surface area contributed by atoms with Gasteiger partial charge in [0.25, 0.3) is 0 Å². The molecule has 2 heterocycles. The minimum absolute atomic E-state index is 0.366. The first-order valence-electron chi connectivity index (χ1n) is 6.72. The van der Waals surface area contributed by atoms with E-state index in [2.05, 4.69) is 57.2 Å². The number of nitrogens with one attached hydrogen (secondary N) is 1. The van der Waals surface area contributed by atoms with Crippen LogP contribution in [-0.2, 0) is 0 Å². The number of benzene rings is 2. The van der Waals surface area contributed by atoms with Crippen molar-refractivity contribution < 1.29 is 0 Å². The Morgan fingerprint density at radius 1 is 1.10 bits per heavy atom. The van der Waals surface area contributed by atoms with E-state index in [1.54, 1.807) is 11.0 Å². The summed E-state index contributed by atoms with van der Waals surface area (Å²) in [7, 11) is 0. The number of nitrogens with zero attached hydrogens (tertiary/aromatic N) is 4. The molecule has 1 N–H and O–H groups in total. The number of hydrogen-bond acceptors (Lipinski definition) is 5. The van der Waals surface area contributed by atoms with Crippen LogP contribution < -0.4 is 5.32 Å². The van der Waals surface area contributed by atoms with Gasteiger partial charge in [0.05, 0.1) is 11.7 Å². The Bertz CT molecular complexity index is 739. The van der Waals surface area contributed by atoms with Gasteiger partial charge in [0.15, 0.2) is 0 Å². The third-order valence-electron chi connectivity index (χ3n) is 3.52. The van der Waals surface area contributed by atoms with Crippen molar-refractivity contribution in [1.82, 2.24) is 20.2 Å². The maximum atomic E-state index is 3.88. The molecule has 0 fully saturated rings. The molecule has 5 nitrogen and oxygen atoms in total. The first-order chi connectivity index (χ1) is 10.4. The van der Waals surface area contributed by atoms with Crippen LogP contribution in [0.1, 0.15) is 11.6 Å². The largest absolute Gasteiger partial charge is 0.377 e. The monoisotopic (exact) mass is 295 g/mol. The summed E-state index contributed by atoms with van der Waals surface area (Å²) in [5.74, 6) is 1.06. The molecule has 0 amide bonds. The lowest BCUT2D eigenvalue weighted by Crippen LogP contribution is -2.09. The van der Waals surface area contributed by atoms with Crippen LogP contribution in [-0.4, -0.2) is 26.0 Å². The fraction of sp³-hybridized carbons (Fsp3) is 0.133. The topological polar surface area (TPSA) is 55.6 Å². The smallest absolute Gasteiger partial charge is 0.143 e. The second kappa shape index (κ2) is 5.21. The zero-order valence-corrected chi connectivity index (χ0v) is 12.0. The van der Waals surface area contributed by atoms with E-state index in [0.29, 0.717) is 6.04 Å². The van der Waals surface area contributed by atoms with Crippen LogP contribution in [0.2, 0.25) is 0 Å². The molecule has 0 radical (unpaired) electrons. The van der Waals surface area contributed by atoms with Crippen molar-refractivity contribution in [2.24, 2.45) is 0 Å². The molecule has 4 rings (SSSR count). The zero-order valence-electron chi connectivity index (χ0n) is 11.2. The summed E-state index contributed by atoms with van der Waals surface area (Å²) in [4.78, 5) is 1.38. The molecule has 1 unspecified atom stereocenters. The Morgan fingerprint density at radius 3 is 2.76 bits per heavy atom. The standard InChI is InChI=1S/C15H13N5S/c1-2-4-15-13(3-1)14(9-21-15)17-11-5-7-12(8-6-11)20-10-16-18-19-20/h1-8,10,14,17H,9H2. The Morgan fingerprint density at radius 2 is 1.95 bits per heavy atom. The molecule has 0 saturated heterocycles. The fourth-order valence-corrected chi connectivity index (χ4v) is 3.63. The highest BCUT2D eigenvalue weighted by Gasteiger charge is 2.22. The van der Waals surface area contributed by atoms with Crippen LogP contribution in [0.3, 0.4) is 0 Å². The van der Waals surface area contributed by atoms with Crippen molar-refractivity contribution in [1.29, 1.82) is 0 Å². The first-order valence-corrected chi connectivity index (χ1v) is 7.70. The van der Waals surface area contributed by atoms with E-state index >= 15 is 0 Å². The van der Waals surface area contributed by atoms with E-state index in [1.807, 2.05) is 23.9 Å². The quantitative estimate of drug-likeness (QED) is 0.805. The van der Waals surface area contributed by atoms with Gasteiger partial charge in [-0.25, -0.2) is 4.68 Å². The molecule has 6 heteroatoms. The maximum Gasteiger partial charge on any atom is 0.143 e. The third kappa shape index (κ3) is 2.38. The van der Waals surface area contributed by atoms with Gasteiger partial charge in [-0.05, 0) is 46.3 Å². The van der Waals surface area contributed by atoms with E-state index < -0.39 is 0 Å². The molecule has 1 atom stereocenters. The van der Waals surface area contributed by atoms with Crippen LogP contribution in [0.25, 0.3) is 5.69 Å². The molecule has 21 heavy (non-hydrogen) atoms. The number of aromatic nitrogens is 4. The van der Waals surface area contributed by atoms with Gasteiger partial charge in [-0.15, -0.1) is 16.9 Å². The van der Waals surface area contributed by atoms with Crippen molar-refractivity contribution in [3.05, 3.63) is 60.4 Å². The van der Waals surface area contributed by atoms with Crippen LogP contribution in [0, 0.1) is 0 Å². The van der Waals surface area contributed by atoms with Crippen molar-refractivity contribution in [2.75, 3.05) is 11.1 Å². The molecular formula is C15H13N5S. The molecular weight excluding hydrogens is 282 g/mol. The van der Waals surface area contributed by atoms with Crippen molar-refractivity contribution in [2.45, 2.75) is 10.9 Å². The lowest BCUT2D eigenvalue weighted by Gasteiger charge is -2.15. The predicted octanol–water partition coefficient (Wildman–Crippen LogP) is 2.92. The number of tetrazole rings is 1. The average Bonchev–Trinajstić information content (AvgIpc) is 3.19. The van der Waals surface area contributed by atoms with Crippen molar-refractivity contribution in [3.63, 3.8) is 0 Å². The van der Waals surface area contributed by atoms with Crippen LogP contribution in [0.5, 0.6) is 0 Å². The SMILES string of the molecule is c1ccc2c(c1)SCC2Nc1ccc(-n2cnnn2)cc1. The van der Waals surface area contributed by atoms with Gasteiger partial charge in [0, 0.05) is 16.3 Å². The second-order valence-corrected chi connectivity index (χ2v) is 5.91. The molecule has 3 aromatic rings. The van der Waals surface area contributed by atoms with Crippen molar-refractivity contribution in [3.8, 4) is 5.69 Å². The van der Waals surface area contributed by atoms with Gasteiger partial charge in [-0.1, -0.05) is 18.2 Å². The van der Waals surface area contributed by atoms with Crippen LogP contribution >= 0.6 is 11.8 Å². The molecule has 0 bridgehead atoms. The summed E-state index contributed by atoms with van der Waals surface area (Å²) in [5, 5.41) is 14.8. The number of hydrogen-bond donors (Lipinski definition) is 1. The molecule has 0 spiro atoms. The summed E-state index contributed by atoms with van der Waals surface area (Å²) >= 11 is 1.90. The maximum absolute atomic E-state index is 3.88. The average molecular weight is 295 g/mol. The molecule has 0 saturated carbocycles. The molecule has 2 aromatic carbocycles. The predicted molar refractivity (Wildman–Crippen MR) is 82.7 cm³/mol. The third-order valence-corrected chi connectivity index (χ3v) is 4.70. The minimum Gasteiger partial charge on any atom is -0.377 e. The zero-order chi connectivity index (χ0) is 14.1. The number of thioether (sulfide) groups is 1. The molecule has 1 aliphatic rings. The number of anilines is 1. The minimum atomic E-state index is 0.366. The Kier molecular flexibility index (Phi) is 3.08. The Hall–Kier alpha value is -2.34. The van der Waals surface area contributed by atoms with E-state index in [-0.39, 0.29) is 0 Å². The highest BCUT2D eigenvalue weighted by Crippen LogP contribution is 2.39. The summed E-state index contributed by atoms with van der Waals surface area (Å²) in [5.41, 5.74) is 3.44. The van der Waals surface area contributed by atoms with Crippen LogP contribution in [0.4, 0.5) is 5.69 Å². The summed E-state index contributed by atoms with van der Waals surface area (Å²) in [6, 6.07) is 17.1. The van der Waals surface area contributed by atoms with Gasteiger partial charge < -0.3 is 5.32 Å². The Labute approximate surface area is 126 Å². The highest BCUT2D eigenvalue weighted by atomic mass is 32.2.